The lowest BCUT2D eigenvalue weighted by atomic mass is 10.1. The second-order valence-electron chi connectivity index (χ2n) is 4.20. The number of epoxide rings is 1. The third-order valence-electron chi connectivity index (χ3n) is 2.55. The molecule has 2 fully saturated rings. The molecule has 0 aromatic rings. The Morgan fingerprint density at radius 2 is 2.07 bits per heavy atom. The van der Waals surface area contributed by atoms with E-state index in [4.69, 9.17) is 19.3 Å². The molecular weight excluding hydrogens is 311 g/mol. The van der Waals surface area contributed by atoms with Gasteiger partial charge < -0.3 is 19.3 Å². The molecule has 0 spiro atoms. The van der Waals surface area contributed by atoms with Gasteiger partial charge in [0.15, 0.2) is 5.79 Å². The summed E-state index contributed by atoms with van der Waals surface area (Å²) >= 11 is 2.15. The number of ether oxygens (including phenoxy) is 3. The molecule has 0 radical (unpaired) electrons. The monoisotopic (exact) mass is 326 g/mol. The van der Waals surface area contributed by atoms with Gasteiger partial charge in [-0.3, -0.25) is 0 Å². The maximum Gasteiger partial charge on any atom is 0.164 e. The van der Waals surface area contributed by atoms with Gasteiger partial charge in [-0.1, -0.05) is 22.6 Å². The largest absolute Gasteiger partial charge is 0.394 e. The van der Waals surface area contributed by atoms with Crippen LogP contribution in [0.15, 0.2) is 10.2 Å². The van der Waals surface area contributed by atoms with Gasteiger partial charge in [-0.2, -0.15) is 0 Å². The minimum Gasteiger partial charge on any atom is -0.394 e. The molecule has 0 saturated carbocycles. The first-order chi connectivity index (χ1) is 7.07. The van der Waals surface area contributed by atoms with E-state index in [1.807, 2.05) is 24.0 Å². The summed E-state index contributed by atoms with van der Waals surface area (Å²) in [5.74, 6) is -0.572. The van der Waals surface area contributed by atoms with Gasteiger partial charge in [-0.25, -0.2) is 0 Å². The van der Waals surface area contributed by atoms with Gasteiger partial charge in [-0.15, -0.1) is 0 Å². The Hall–Kier alpha value is 0.310. The first-order valence-corrected chi connectivity index (χ1v) is 6.21. The number of hydrogen-bond acceptors (Lipinski definition) is 4. The Kier molecular flexibility index (Phi) is 3.37. The highest BCUT2D eigenvalue weighted by Crippen LogP contribution is 2.38. The van der Waals surface area contributed by atoms with Gasteiger partial charge >= 0.3 is 0 Å². The van der Waals surface area contributed by atoms with Crippen molar-refractivity contribution in [3.8, 4) is 0 Å². The quantitative estimate of drug-likeness (QED) is 0.626. The summed E-state index contributed by atoms with van der Waals surface area (Å²) in [6, 6.07) is 0. The van der Waals surface area contributed by atoms with Crippen LogP contribution in [-0.4, -0.2) is 41.9 Å². The maximum absolute atomic E-state index is 8.94. The number of aliphatic hydroxyl groups excluding tert-OH is 1. The van der Waals surface area contributed by atoms with Crippen LogP contribution in [0.2, 0.25) is 0 Å². The average Bonchev–Trinajstić information content (AvgIpc) is 2.87. The fraction of sp³-hybridized carbons (Fsp3) is 0.800. The van der Waals surface area contributed by atoms with Crippen LogP contribution in [0.4, 0.5) is 0 Å². The standard InChI is InChI=1S/C10H15IO4/c1-10(2)14-6(3-4-11)9(15-10)8-7(5-12)13-8/h3-4,6-9,12H,5H2,1-2H3/b4-3+/t6-,7-,8+,9+/m1/s1. The molecule has 0 amide bonds. The lowest BCUT2D eigenvalue weighted by molar-refractivity contribution is -0.144. The fourth-order valence-corrected chi connectivity index (χ4v) is 2.29. The molecule has 5 heteroatoms. The predicted molar refractivity (Wildman–Crippen MR) is 62.7 cm³/mol. The highest BCUT2D eigenvalue weighted by Gasteiger charge is 2.54. The van der Waals surface area contributed by atoms with Gasteiger partial charge in [0.25, 0.3) is 0 Å². The lowest BCUT2D eigenvalue weighted by Gasteiger charge is -2.16. The van der Waals surface area contributed by atoms with Crippen molar-refractivity contribution in [2.24, 2.45) is 0 Å². The van der Waals surface area contributed by atoms with Crippen LogP contribution in [0.3, 0.4) is 0 Å². The minimum absolute atomic E-state index is 0.0330. The van der Waals surface area contributed by atoms with Crippen LogP contribution in [0.25, 0.3) is 0 Å². The molecule has 0 aromatic carbocycles. The summed E-state index contributed by atoms with van der Waals surface area (Å²) in [5.41, 5.74) is 0. The molecule has 86 valence electrons. The Morgan fingerprint density at radius 3 is 2.60 bits per heavy atom. The zero-order valence-electron chi connectivity index (χ0n) is 8.72. The van der Waals surface area contributed by atoms with E-state index < -0.39 is 5.79 Å². The smallest absolute Gasteiger partial charge is 0.164 e. The van der Waals surface area contributed by atoms with E-state index in [1.165, 1.54) is 0 Å². The van der Waals surface area contributed by atoms with E-state index in [0.29, 0.717) is 0 Å². The van der Waals surface area contributed by atoms with Crippen LogP contribution in [-0.2, 0) is 14.2 Å². The van der Waals surface area contributed by atoms with Crippen LogP contribution in [0.5, 0.6) is 0 Å². The molecule has 0 unspecified atom stereocenters. The molecular formula is C10H15IO4. The lowest BCUT2D eigenvalue weighted by Crippen LogP contribution is -2.28. The molecule has 15 heavy (non-hydrogen) atoms. The molecule has 4 atom stereocenters. The number of halogens is 1. The second-order valence-corrected chi connectivity index (χ2v) is 4.92. The van der Waals surface area contributed by atoms with Crippen molar-refractivity contribution in [1.82, 2.24) is 0 Å². The Balaban J connectivity index is 2.03. The zero-order chi connectivity index (χ0) is 11.1. The van der Waals surface area contributed by atoms with Gasteiger partial charge in [0.1, 0.15) is 24.4 Å². The molecule has 0 bridgehead atoms. The number of aliphatic hydroxyl groups is 1. The zero-order valence-corrected chi connectivity index (χ0v) is 10.9. The first kappa shape index (κ1) is 11.8. The van der Waals surface area contributed by atoms with Gasteiger partial charge in [0.05, 0.1) is 6.61 Å². The maximum atomic E-state index is 8.94. The van der Waals surface area contributed by atoms with Crippen molar-refractivity contribution < 1.29 is 19.3 Å². The van der Waals surface area contributed by atoms with Gasteiger partial charge in [-0.05, 0) is 24.0 Å². The summed E-state index contributed by atoms with van der Waals surface area (Å²) in [6.07, 6.45) is 1.64. The van der Waals surface area contributed by atoms with Crippen molar-refractivity contribution in [1.29, 1.82) is 0 Å². The van der Waals surface area contributed by atoms with E-state index in [2.05, 4.69) is 22.6 Å². The highest BCUT2D eigenvalue weighted by atomic mass is 127. The normalized spacial score (nSPS) is 43.7. The minimum atomic E-state index is -0.572. The molecule has 1 N–H and O–H groups in total. The molecule has 2 saturated heterocycles. The third-order valence-corrected chi connectivity index (χ3v) is 2.97. The highest BCUT2D eigenvalue weighted by molar-refractivity contribution is 14.1. The van der Waals surface area contributed by atoms with E-state index >= 15 is 0 Å². The molecule has 0 aromatic heterocycles. The van der Waals surface area contributed by atoms with Crippen molar-refractivity contribution >= 4 is 22.6 Å². The van der Waals surface area contributed by atoms with Crippen LogP contribution in [0, 0.1) is 0 Å². The predicted octanol–water partition coefficient (Wildman–Crippen LogP) is 1.21. The van der Waals surface area contributed by atoms with E-state index in [1.54, 1.807) is 0 Å². The summed E-state index contributed by atoms with van der Waals surface area (Å²) in [7, 11) is 0. The summed E-state index contributed by atoms with van der Waals surface area (Å²) in [6.45, 7) is 3.82. The molecule has 2 aliphatic heterocycles. The van der Waals surface area contributed by atoms with Crippen molar-refractivity contribution in [3.63, 3.8) is 0 Å². The first-order valence-electron chi connectivity index (χ1n) is 4.96. The fourth-order valence-electron chi connectivity index (χ4n) is 1.88. The van der Waals surface area contributed by atoms with Gasteiger partial charge in [0.2, 0.25) is 0 Å². The topological polar surface area (TPSA) is 51.2 Å². The van der Waals surface area contributed by atoms with Crippen LogP contribution >= 0.6 is 22.6 Å². The number of rotatable bonds is 3. The molecule has 2 aliphatic rings. The summed E-state index contributed by atoms with van der Waals surface area (Å²) in [4.78, 5) is 0. The van der Waals surface area contributed by atoms with E-state index in [9.17, 15) is 0 Å². The van der Waals surface area contributed by atoms with E-state index in [0.717, 1.165) is 0 Å². The van der Waals surface area contributed by atoms with Gasteiger partial charge in [0, 0.05) is 0 Å². The third kappa shape index (κ3) is 2.52. The SMILES string of the molecule is CC1(C)O[C@H]([C@H]2O[C@@H]2CO)[C@@H](/C=C/I)O1. The Morgan fingerprint density at radius 1 is 1.33 bits per heavy atom. The molecule has 4 nitrogen and oxygen atoms in total. The molecule has 0 aliphatic carbocycles. The second kappa shape index (κ2) is 4.29. The average molecular weight is 326 g/mol. The van der Waals surface area contributed by atoms with Crippen molar-refractivity contribution in [3.05, 3.63) is 10.2 Å². The molecule has 2 rings (SSSR count). The summed E-state index contributed by atoms with van der Waals surface area (Å²) in [5, 5.41) is 8.94. The van der Waals surface area contributed by atoms with E-state index in [-0.39, 0.29) is 31.0 Å². The van der Waals surface area contributed by atoms with Crippen molar-refractivity contribution in [2.45, 2.75) is 44.1 Å². The summed E-state index contributed by atoms with van der Waals surface area (Å²) < 4.78 is 18.7. The Labute approximate surface area is 103 Å². The number of hydrogen-bond donors (Lipinski definition) is 1. The van der Waals surface area contributed by atoms with Crippen molar-refractivity contribution in [2.75, 3.05) is 6.61 Å². The molecule has 2 heterocycles. The van der Waals surface area contributed by atoms with Crippen LogP contribution in [0.1, 0.15) is 13.8 Å². The van der Waals surface area contributed by atoms with Crippen LogP contribution < -0.4 is 0 Å². The Bertz CT molecular complexity index is 266.